The predicted octanol–water partition coefficient (Wildman–Crippen LogP) is 4.23. The van der Waals surface area contributed by atoms with E-state index in [1.54, 1.807) is 18.3 Å². The van der Waals surface area contributed by atoms with Gasteiger partial charge in [-0.3, -0.25) is 0 Å². The minimum Gasteiger partial charge on any atom is -0.442 e. The molecule has 0 unspecified atom stereocenters. The average molecular weight is 412 g/mol. The van der Waals surface area contributed by atoms with E-state index >= 15 is 0 Å². The minimum absolute atomic E-state index is 0.423. The Morgan fingerprint density at radius 3 is 2.61 bits per heavy atom. The van der Waals surface area contributed by atoms with Gasteiger partial charge in [0, 0.05) is 12.1 Å². The van der Waals surface area contributed by atoms with Crippen LogP contribution in [0.3, 0.4) is 0 Å². The second-order valence-electron chi connectivity index (χ2n) is 6.05. The van der Waals surface area contributed by atoms with E-state index in [2.05, 4.69) is 30.6 Å². The van der Waals surface area contributed by atoms with E-state index in [0.717, 1.165) is 16.6 Å². The number of nitrogens with zero attached hydrogens (tertiary/aromatic N) is 6. The number of hydrogen-bond donors (Lipinski definition) is 1. The molecule has 0 aliphatic rings. The molecule has 0 bridgehead atoms. The molecule has 0 aliphatic carbocycles. The van der Waals surface area contributed by atoms with Crippen molar-refractivity contribution >= 4 is 34.2 Å². The van der Waals surface area contributed by atoms with E-state index in [-0.39, 0.29) is 0 Å². The highest BCUT2D eigenvalue weighted by atomic mass is 35.5. The number of halogens is 2. The van der Waals surface area contributed by atoms with Gasteiger partial charge in [-0.25, -0.2) is 9.97 Å². The van der Waals surface area contributed by atoms with Crippen LogP contribution in [-0.2, 0) is 6.54 Å². The summed E-state index contributed by atoms with van der Waals surface area (Å²) in [6.45, 7) is 0.540. The van der Waals surface area contributed by atoms with Crippen molar-refractivity contribution in [3.05, 3.63) is 64.5 Å². The third-order valence-corrected chi connectivity index (χ3v) is 5.03. The highest BCUT2D eigenvalue weighted by Crippen LogP contribution is 2.31. The molecule has 2 aromatic carbocycles. The van der Waals surface area contributed by atoms with Crippen molar-refractivity contribution in [1.82, 2.24) is 35.2 Å². The van der Waals surface area contributed by atoms with Crippen LogP contribution in [-0.4, -0.2) is 35.2 Å². The van der Waals surface area contributed by atoms with Gasteiger partial charge in [-0.05, 0) is 22.9 Å². The molecular weight excluding hydrogens is 401 g/mol. The van der Waals surface area contributed by atoms with Crippen molar-refractivity contribution in [2.45, 2.75) is 6.54 Å². The molecule has 0 saturated heterocycles. The van der Waals surface area contributed by atoms with E-state index in [4.69, 9.17) is 27.6 Å². The summed E-state index contributed by atoms with van der Waals surface area (Å²) >= 11 is 12.4. The third kappa shape index (κ3) is 2.92. The van der Waals surface area contributed by atoms with Crippen LogP contribution in [0, 0.1) is 0 Å². The first-order chi connectivity index (χ1) is 13.7. The molecule has 1 N–H and O–H groups in total. The van der Waals surface area contributed by atoms with Crippen molar-refractivity contribution in [3.63, 3.8) is 0 Å². The Morgan fingerprint density at radius 1 is 1.07 bits per heavy atom. The standard InChI is InChI=1S/C18H11Cl2N7O/c19-12-7-14-15(8-13(12)20)27(17(22-14)18-21-5-6-28-18)9-10-1-3-11(4-2-10)16-23-25-26-24-16/h1-8H,9H2,(H,23,24,25,26). The average Bonchev–Trinajstić information content (AvgIpc) is 3.45. The highest BCUT2D eigenvalue weighted by molar-refractivity contribution is 6.42. The summed E-state index contributed by atoms with van der Waals surface area (Å²) in [4.78, 5) is 8.88. The smallest absolute Gasteiger partial charge is 0.263 e. The number of hydrogen-bond acceptors (Lipinski definition) is 6. The van der Waals surface area contributed by atoms with Gasteiger partial charge in [0.1, 0.15) is 6.26 Å². The zero-order valence-electron chi connectivity index (χ0n) is 14.2. The first-order valence-electron chi connectivity index (χ1n) is 8.27. The lowest BCUT2D eigenvalue weighted by molar-refractivity contribution is 0.564. The maximum atomic E-state index is 6.24. The molecule has 138 valence electrons. The summed E-state index contributed by atoms with van der Waals surface area (Å²) in [5.41, 5.74) is 3.47. The summed E-state index contributed by atoms with van der Waals surface area (Å²) in [5.74, 6) is 1.56. The molecule has 3 heterocycles. The largest absolute Gasteiger partial charge is 0.442 e. The SMILES string of the molecule is Clc1cc2nc(-c3ncco3)n(Cc3ccc(-c4nn[nH]n4)cc3)c2cc1Cl. The number of nitrogens with one attached hydrogen (secondary N) is 1. The first kappa shape index (κ1) is 16.9. The maximum absolute atomic E-state index is 6.24. The Kier molecular flexibility index (Phi) is 4.07. The summed E-state index contributed by atoms with van der Waals surface area (Å²) < 4.78 is 7.46. The quantitative estimate of drug-likeness (QED) is 0.475. The molecule has 8 nitrogen and oxygen atoms in total. The van der Waals surface area contributed by atoms with Gasteiger partial charge in [0.2, 0.25) is 5.82 Å². The van der Waals surface area contributed by atoms with Crippen molar-refractivity contribution in [1.29, 1.82) is 0 Å². The number of fused-ring (bicyclic) bond motifs is 1. The molecule has 28 heavy (non-hydrogen) atoms. The fraction of sp³-hybridized carbons (Fsp3) is 0.0556. The summed E-state index contributed by atoms with van der Waals surface area (Å²) in [6.07, 6.45) is 3.09. The van der Waals surface area contributed by atoms with E-state index in [1.165, 1.54) is 6.26 Å². The van der Waals surface area contributed by atoms with Crippen molar-refractivity contribution < 1.29 is 4.42 Å². The van der Waals surface area contributed by atoms with Crippen molar-refractivity contribution in [2.24, 2.45) is 0 Å². The van der Waals surface area contributed by atoms with Gasteiger partial charge in [-0.1, -0.05) is 47.5 Å². The number of tetrazole rings is 1. The molecule has 0 radical (unpaired) electrons. The van der Waals surface area contributed by atoms with Gasteiger partial charge >= 0.3 is 0 Å². The van der Waals surface area contributed by atoms with Crippen LogP contribution in [0.5, 0.6) is 0 Å². The maximum Gasteiger partial charge on any atom is 0.263 e. The number of imidazole rings is 1. The Labute approximate surface area is 168 Å². The normalized spacial score (nSPS) is 11.4. The molecule has 0 atom stereocenters. The fourth-order valence-corrected chi connectivity index (χ4v) is 3.32. The van der Waals surface area contributed by atoms with Crippen LogP contribution in [0.15, 0.2) is 53.3 Å². The summed E-state index contributed by atoms with van der Waals surface area (Å²) in [6, 6.07) is 11.4. The number of H-pyrrole nitrogens is 1. The van der Waals surface area contributed by atoms with Crippen molar-refractivity contribution in [3.8, 4) is 23.1 Å². The Balaban J connectivity index is 1.59. The molecule has 5 aromatic rings. The zero-order valence-corrected chi connectivity index (χ0v) is 15.7. The molecule has 0 fully saturated rings. The van der Waals surface area contributed by atoms with Crippen LogP contribution < -0.4 is 0 Å². The predicted molar refractivity (Wildman–Crippen MR) is 104 cm³/mol. The molecule has 0 spiro atoms. The number of aromatic amines is 1. The van der Waals surface area contributed by atoms with Crippen LogP contribution >= 0.6 is 23.2 Å². The molecule has 3 aromatic heterocycles. The van der Waals surface area contributed by atoms with E-state index < -0.39 is 0 Å². The van der Waals surface area contributed by atoms with Gasteiger partial charge in [-0.15, -0.1) is 10.2 Å². The lowest BCUT2D eigenvalue weighted by Crippen LogP contribution is -2.02. The molecule has 10 heteroatoms. The molecule has 0 amide bonds. The van der Waals surface area contributed by atoms with Crippen molar-refractivity contribution in [2.75, 3.05) is 0 Å². The van der Waals surface area contributed by atoms with Crippen LogP contribution in [0.4, 0.5) is 0 Å². The summed E-state index contributed by atoms with van der Waals surface area (Å²) in [5, 5.41) is 14.9. The zero-order chi connectivity index (χ0) is 19.1. The van der Waals surface area contributed by atoms with E-state index in [9.17, 15) is 0 Å². The molecular formula is C18H11Cl2N7O. The lowest BCUT2D eigenvalue weighted by Gasteiger charge is -2.09. The number of oxazole rings is 1. The Bertz CT molecular complexity index is 1250. The topological polar surface area (TPSA) is 98.3 Å². The van der Waals surface area contributed by atoms with Crippen LogP contribution in [0.2, 0.25) is 10.0 Å². The number of aromatic nitrogens is 7. The number of rotatable bonds is 4. The van der Waals surface area contributed by atoms with Crippen LogP contribution in [0.25, 0.3) is 34.1 Å². The number of benzene rings is 2. The first-order valence-corrected chi connectivity index (χ1v) is 9.02. The van der Waals surface area contributed by atoms with Gasteiger partial charge in [0.25, 0.3) is 5.89 Å². The molecule has 0 aliphatic heterocycles. The Morgan fingerprint density at radius 2 is 1.89 bits per heavy atom. The third-order valence-electron chi connectivity index (χ3n) is 4.31. The Hall–Kier alpha value is -3.23. The van der Waals surface area contributed by atoms with Crippen LogP contribution in [0.1, 0.15) is 5.56 Å². The second kappa shape index (κ2) is 6.74. The second-order valence-corrected chi connectivity index (χ2v) is 6.86. The van der Waals surface area contributed by atoms with Gasteiger partial charge in [0.15, 0.2) is 5.82 Å². The van der Waals surface area contributed by atoms with Gasteiger partial charge in [-0.2, -0.15) is 5.21 Å². The minimum atomic E-state index is 0.423. The fourth-order valence-electron chi connectivity index (χ4n) is 3.00. The monoisotopic (exact) mass is 411 g/mol. The molecule has 0 saturated carbocycles. The lowest BCUT2D eigenvalue weighted by atomic mass is 10.1. The van der Waals surface area contributed by atoms with E-state index in [1.807, 2.05) is 28.8 Å². The highest BCUT2D eigenvalue weighted by Gasteiger charge is 2.18. The molecule has 5 rings (SSSR count). The summed E-state index contributed by atoms with van der Waals surface area (Å²) in [7, 11) is 0. The van der Waals surface area contributed by atoms with Gasteiger partial charge in [0.05, 0.1) is 27.3 Å². The van der Waals surface area contributed by atoms with Gasteiger partial charge < -0.3 is 8.98 Å². The van der Waals surface area contributed by atoms with E-state index in [0.29, 0.717) is 39.6 Å².